The molecule has 0 aliphatic heterocycles. The number of carbonyl (C=O) groups is 1. The van der Waals surface area contributed by atoms with Crippen LogP contribution in [0, 0.1) is 5.82 Å². The van der Waals surface area contributed by atoms with Crippen LogP contribution >= 0.6 is 11.6 Å². The Labute approximate surface area is 170 Å². The molecule has 3 N–H and O–H groups in total. The van der Waals surface area contributed by atoms with Crippen molar-refractivity contribution in [2.45, 2.75) is 19.9 Å². The van der Waals surface area contributed by atoms with Gasteiger partial charge in [-0.25, -0.2) is 9.18 Å². The minimum absolute atomic E-state index is 0.00454. The summed E-state index contributed by atoms with van der Waals surface area (Å²) in [5, 5.41) is -0.00454. The number of nitrogen functional groups attached to an aromatic ring is 1. The number of rotatable bonds is 9. The van der Waals surface area contributed by atoms with E-state index in [4.69, 9.17) is 26.8 Å². The molecule has 1 aromatic heterocycles. The molecule has 2 aromatic rings. The van der Waals surface area contributed by atoms with E-state index in [2.05, 4.69) is 4.98 Å². The molecule has 1 heterocycles. The van der Waals surface area contributed by atoms with Crippen LogP contribution in [0.25, 0.3) is 0 Å². The van der Waals surface area contributed by atoms with E-state index in [0.29, 0.717) is 6.42 Å². The highest BCUT2D eigenvalue weighted by molar-refractivity contribution is 6.32. The summed E-state index contributed by atoms with van der Waals surface area (Å²) in [6.45, 7) is 1.70. The average molecular weight is 429 g/mol. The molecule has 0 saturated carbocycles. The van der Waals surface area contributed by atoms with Gasteiger partial charge in [0.05, 0.1) is 11.6 Å². The van der Waals surface area contributed by atoms with Crippen LogP contribution in [0.4, 0.5) is 15.9 Å². The lowest BCUT2D eigenvalue weighted by atomic mass is 10.3. The molecular weight excluding hydrogens is 407 g/mol. The maximum atomic E-state index is 13.1. The molecule has 29 heavy (non-hydrogen) atoms. The van der Waals surface area contributed by atoms with E-state index in [0.717, 1.165) is 17.0 Å². The van der Waals surface area contributed by atoms with Gasteiger partial charge in [-0.05, 0) is 24.6 Å². The highest BCUT2D eigenvalue weighted by Crippen LogP contribution is 2.25. The number of aromatic nitrogens is 2. The number of ether oxygens (including phenoxy) is 2. The van der Waals surface area contributed by atoms with Crippen molar-refractivity contribution in [2.75, 3.05) is 37.5 Å². The smallest absolute Gasteiger partial charge is 0.330 e. The van der Waals surface area contributed by atoms with E-state index < -0.39 is 29.6 Å². The Morgan fingerprint density at radius 1 is 1.38 bits per heavy atom. The lowest BCUT2D eigenvalue weighted by molar-refractivity contribution is -0.120. The molecule has 0 unspecified atom stereocenters. The summed E-state index contributed by atoms with van der Waals surface area (Å²) in [4.78, 5) is 40.5. The first-order valence-corrected chi connectivity index (χ1v) is 9.17. The highest BCUT2D eigenvalue weighted by atomic mass is 35.5. The lowest BCUT2D eigenvalue weighted by Gasteiger charge is -2.24. The molecule has 1 aromatic carbocycles. The number of carbonyl (C=O) groups excluding carboxylic acids is 1. The predicted molar refractivity (Wildman–Crippen MR) is 107 cm³/mol. The number of methoxy groups -OCH3 is 1. The number of nitrogens with zero attached hydrogens (tertiary/aromatic N) is 2. The lowest BCUT2D eigenvalue weighted by Crippen LogP contribution is -2.44. The molecule has 158 valence electrons. The number of anilines is 2. The highest BCUT2D eigenvalue weighted by Gasteiger charge is 2.24. The van der Waals surface area contributed by atoms with Crippen molar-refractivity contribution >= 4 is 29.0 Å². The fraction of sp³-hybridized carbons (Fsp3) is 0.389. The van der Waals surface area contributed by atoms with Gasteiger partial charge in [-0.15, -0.1) is 0 Å². The van der Waals surface area contributed by atoms with Crippen molar-refractivity contribution < 1.29 is 18.7 Å². The normalized spacial score (nSPS) is 10.8. The first-order valence-electron chi connectivity index (χ1n) is 8.79. The quantitative estimate of drug-likeness (QED) is 0.622. The molecule has 0 aliphatic rings. The first-order chi connectivity index (χ1) is 13.8. The fourth-order valence-electron chi connectivity index (χ4n) is 2.64. The Morgan fingerprint density at radius 3 is 2.72 bits per heavy atom. The van der Waals surface area contributed by atoms with Gasteiger partial charge in [0, 0.05) is 20.2 Å². The summed E-state index contributed by atoms with van der Waals surface area (Å²) in [5.41, 5.74) is 4.40. The van der Waals surface area contributed by atoms with E-state index in [-0.39, 0.29) is 42.0 Å². The number of nitrogens with two attached hydrogens (primary N) is 1. The van der Waals surface area contributed by atoms with Crippen LogP contribution in [0.15, 0.2) is 27.8 Å². The molecule has 11 heteroatoms. The van der Waals surface area contributed by atoms with Gasteiger partial charge in [-0.1, -0.05) is 18.5 Å². The topological polar surface area (TPSA) is 120 Å². The van der Waals surface area contributed by atoms with E-state index in [9.17, 15) is 18.8 Å². The zero-order chi connectivity index (χ0) is 21.6. The van der Waals surface area contributed by atoms with Crippen LogP contribution in [0.5, 0.6) is 5.75 Å². The van der Waals surface area contributed by atoms with Crippen molar-refractivity contribution in [1.29, 1.82) is 0 Å². The summed E-state index contributed by atoms with van der Waals surface area (Å²) < 4.78 is 24.7. The van der Waals surface area contributed by atoms with Crippen molar-refractivity contribution in [1.82, 2.24) is 9.55 Å². The van der Waals surface area contributed by atoms with Gasteiger partial charge in [0.1, 0.15) is 17.4 Å². The Morgan fingerprint density at radius 2 is 2.10 bits per heavy atom. The first kappa shape index (κ1) is 22.4. The van der Waals surface area contributed by atoms with Gasteiger partial charge in [0.25, 0.3) is 11.5 Å². The van der Waals surface area contributed by atoms with E-state index >= 15 is 0 Å². The number of hydrogen-bond acceptors (Lipinski definition) is 6. The van der Waals surface area contributed by atoms with E-state index in [1.165, 1.54) is 17.7 Å². The van der Waals surface area contributed by atoms with Crippen LogP contribution in [-0.4, -0.2) is 42.3 Å². The molecule has 2 rings (SSSR count). The van der Waals surface area contributed by atoms with Crippen LogP contribution in [0.2, 0.25) is 5.02 Å². The molecule has 0 saturated heterocycles. The number of hydrogen-bond donors (Lipinski definition) is 2. The van der Waals surface area contributed by atoms with Crippen molar-refractivity contribution in [3.63, 3.8) is 0 Å². The second-order valence-corrected chi connectivity index (χ2v) is 6.45. The minimum atomic E-state index is -0.802. The van der Waals surface area contributed by atoms with E-state index in [1.807, 2.05) is 6.92 Å². The Bertz CT molecular complexity index is 991. The maximum Gasteiger partial charge on any atom is 0.330 e. The van der Waals surface area contributed by atoms with Crippen LogP contribution in [-0.2, 0) is 16.1 Å². The van der Waals surface area contributed by atoms with Gasteiger partial charge in [0.15, 0.2) is 12.3 Å². The number of nitrogens with one attached hydrogen (secondary N) is 1. The predicted octanol–water partition coefficient (Wildman–Crippen LogP) is 1.38. The van der Waals surface area contributed by atoms with Crippen LogP contribution in [0.3, 0.4) is 0 Å². The molecule has 0 radical (unpaired) electrons. The molecule has 0 aliphatic carbocycles. The Balaban J connectivity index is 2.36. The maximum absolute atomic E-state index is 13.1. The summed E-state index contributed by atoms with van der Waals surface area (Å²) >= 11 is 5.89. The zero-order valence-electron chi connectivity index (χ0n) is 16.0. The van der Waals surface area contributed by atoms with Crippen LogP contribution < -0.4 is 26.6 Å². The average Bonchev–Trinajstić information content (AvgIpc) is 2.66. The Kier molecular flexibility index (Phi) is 7.80. The summed E-state index contributed by atoms with van der Waals surface area (Å²) in [6.07, 6.45) is 0.591. The van der Waals surface area contributed by atoms with E-state index in [1.54, 1.807) is 0 Å². The van der Waals surface area contributed by atoms with Crippen LogP contribution in [0.1, 0.15) is 13.3 Å². The molecule has 0 atom stereocenters. The van der Waals surface area contributed by atoms with Crippen molar-refractivity contribution in [3.05, 3.63) is 49.9 Å². The number of aromatic amines is 1. The minimum Gasteiger partial charge on any atom is -0.482 e. The summed E-state index contributed by atoms with van der Waals surface area (Å²) in [6, 6.07) is 3.47. The largest absolute Gasteiger partial charge is 0.482 e. The third-order valence-electron chi connectivity index (χ3n) is 4.00. The number of amides is 1. The van der Waals surface area contributed by atoms with Crippen molar-refractivity contribution in [3.8, 4) is 5.75 Å². The van der Waals surface area contributed by atoms with Gasteiger partial charge in [0.2, 0.25) is 0 Å². The standard InChI is InChI=1S/C18H22ClFN4O5/c1-3-6-24-16(21)15(17(26)22-18(24)27)23(7-8-28-2)14(25)10-29-13-5-4-11(20)9-12(13)19/h4-5,9H,3,6-8,10,21H2,1-2H3,(H,22,26,27). The third kappa shape index (κ3) is 5.36. The second kappa shape index (κ2) is 10.1. The molecule has 0 fully saturated rings. The number of benzene rings is 1. The fourth-order valence-corrected chi connectivity index (χ4v) is 2.86. The number of halogens is 2. The van der Waals surface area contributed by atoms with Crippen molar-refractivity contribution in [2.24, 2.45) is 0 Å². The van der Waals surface area contributed by atoms with Gasteiger partial charge < -0.3 is 15.2 Å². The summed E-state index contributed by atoms with van der Waals surface area (Å²) in [5.74, 6) is -1.20. The van der Waals surface area contributed by atoms with Gasteiger partial charge in [-0.2, -0.15) is 0 Å². The monoisotopic (exact) mass is 428 g/mol. The molecular formula is C18H22ClFN4O5. The molecule has 0 spiro atoms. The van der Waals surface area contributed by atoms with Gasteiger partial charge in [-0.3, -0.25) is 24.0 Å². The second-order valence-electron chi connectivity index (χ2n) is 6.05. The Hall–Kier alpha value is -2.85. The summed E-state index contributed by atoms with van der Waals surface area (Å²) in [7, 11) is 1.43. The zero-order valence-corrected chi connectivity index (χ0v) is 16.8. The molecule has 1 amide bonds. The van der Waals surface area contributed by atoms with Gasteiger partial charge >= 0.3 is 5.69 Å². The number of H-pyrrole nitrogens is 1. The third-order valence-corrected chi connectivity index (χ3v) is 4.29. The molecule has 0 bridgehead atoms. The SMILES string of the molecule is CCCn1c(N)c(N(CCOC)C(=O)COc2ccc(F)cc2Cl)c(=O)[nH]c1=O. The molecule has 9 nitrogen and oxygen atoms in total.